The lowest BCUT2D eigenvalue weighted by Gasteiger charge is -2.35. The van der Waals surface area contributed by atoms with E-state index in [4.69, 9.17) is 11.6 Å². The Morgan fingerprint density at radius 1 is 1.44 bits per heavy atom. The van der Waals surface area contributed by atoms with Crippen LogP contribution in [-0.4, -0.2) is 17.5 Å². The topological polar surface area (TPSA) is 46.4 Å². The van der Waals surface area contributed by atoms with Gasteiger partial charge in [-0.3, -0.25) is 10.1 Å². The standard InChI is InChI=1S/C13H17ClN2O2/c1-9-7-11(14)13(12(8-9)16(17)18)15-6-4-3-5-10(15)2/h7-8,10H,3-6H2,1-2H3. The molecule has 1 saturated heterocycles. The fourth-order valence-electron chi connectivity index (χ4n) is 2.57. The number of piperidine rings is 1. The van der Waals surface area contributed by atoms with E-state index in [-0.39, 0.29) is 10.6 Å². The lowest BCUT2D eigenvalue weighted by molar-refractivity contribution is -0.384. The zero-order valence-corrected chi connectivity index (χ0v) is 11.4. The van der Waals surface area contributed by atoms with E-state index in [0.29, 0.717) is 16.8 Å². The van der Waals surface area contributed by atoms with E-state index in [1.165, 1.54) is 6.42 Å². The summed E-state index contributed by atoms with van der Waals surface area (Å²) in [5.41, 5.74) is 1.52. The highest BCUT2D eigenvalue weighted by molar-refractivity contribution is 6.34. The Bertz CT molecular complexity index is 476. The summed E-state index contributed by atoms with van der Waals surface area (Å²) in [6.45, 7) is 4.76. The largest absolute Gasteiger partial charge is 0.362 e. The Kier molecular flexibility index (Phi) is 3.76. The van der Waals surface area contributed by atoms with Crippen LogP contribution in [0.4, 0.5) is 11.4 Å². The molecule has 1 aliphatic rings. The molecule has 1 atom stereocenters. The Labute approximate surface area is 112 Å². The maximum atomic E-state index is 11.2. The first-order chi connectivity index (χ1) is 8.50. The quantitative estimate of drug-likeness (QED) is 0.603. The van der Waals surface area contributed by atoms with Gasteiger partial charge in [-0.2, -0.15) is 0 Å². The van der Waals surface area contributed by atoms with Crippen molar-refractivity contribution in [1.82, 2.24) is 0 Å². The molecule has 1 aromatic carbocycles. The Morgan fingerprint density at radius 2 is 2.17 bits per heavy atom. The summed E-state index contributed by atoms with van der Waals surface area (Å²) in [4.78, 5) is 12.9. The Morgan fingerprint density at radius 3 is 2.78 bits per heavy atom. The number of anilines is 1. The zero-order chi connectivity index (χ0) is 13.3. The van der Waals surface area contributed by atoms with Gasteiger partial charge in [-0.1, -0.05) is 11.6 Å². The maximum Gasteiger partial charge on any atom is 0.294 e. The summed E-state index contributed by atoms with van der Waals surface area (Å²) in [6.07, 6.45) is 3.29. The average molecular weight is 269 g/mol. The number of hydrogen-bond donors (Lipinski definition) is 0. The first-order valence-electron chi connectivity index (χ1n) is 6.22. The SMILES string of the molecule is Cc1cc(Cl)c(N2CCCCC2C)c([N+](=O)[O-])c1. The van der Waals surface area contributed by atoms with Gasteiger partial charge in [-0.15, -0.1) is 0 Å². The van der Waals surface area contributed by atoms with E-state index < -0.39 is 0 Å². The van der Waals surface area contributed by atoms with Gasteiger partial charge in [-0.05, 0) is 44.7 Å². The first kappa shape index (κ1) is 13.1. The minimum Gasteiger partial charge on any atom is -0.362 e. The van der Waals surface area contributed by atoms with E-state index in [9.17, 15) is 10.1 Å². The van der Waals surface area contributed by atoms with Crippen molar-refractivity contribution >= 4 is 23.0 Å². The molecular formula is C13H17ClN2O2. The van der Waals surface area contributed by atoms with E-state index in [0.717, 1.165) is 24.9 Å². The molecule has 0 amide bonds. The lowest BCUT2D eigenvalue weighted by Crippen LogP contribution is -2.38. The molecular weight excluding hydrogens is 252 g/mol. The molecule has 1 unspecified atom stereocenters. The maximum absolute atomic E-state index is 11.2. The van der Waals surface area contributed by atoms with E-state index in [2.05, 4.69) is 11.8 Å². The van der Waals surface area contributed by atoms with Crippen LogP contribution < -0.4 is 4.90 Å². The predicted molar refractivity (Wildman–Crippen MR) is 73.5 cm³/mol. The molecule has 0 saturated carbocycles. The van der Waals surface area contributed by atoms with E-state index in [1.807, 2.05) is 6.92 Å². The molecule has 0 N–H and O–H groups in total. The van der Waals surface area contributed by atoms with Crippen molar-refractivity contribution in [3.63, 3.8) is 0 Å². The van der Waals surface area contributed by atoms with Crippen LogP contribution in [0.2, 0.25) is 5.02 Å². The third kappa shape index (κ3) is 2.43. The Balaban J connectivity index is 2.51. The number of nitrogens with zero attached hydrogens (tertiary/aromatic N) is 2. The first-order valence-corrected chi connectivity index (χ1v) is 6.59. The minimum absolute atomic E-state index is 0.119. The van der Waals surface area contributed by atoms with Crippen LogP contribution in [0.5, 0.6) is 0 Å². The summed E-state index contributed by atoms with van der Waals surface area (Å²) in [5.74, 6) is 0. The van der Waals surface area contributed by atoms with Crippen LogP contribution in [0.15, 0.2) is 12.1 Å². The van der Waals surface area contributed by atoms with Crippen molar-refractivity contribution in [2.75, 3.05) is 11.4 Å². The van der Waals surface area contributed by atoms with Gasteiger partial charge < -0.3 is 4.90 Å². The highest BCUT2D eigenvalue weighted by Gasteiger charge is 2.28. The predicted octanol–water partition coefficient (Wildman–Crippen LogP) is 3.94. The second-order valence-corrected chi connectivity index (χ2v) is 5.32. The number of benzene rings is 1. The molecule has 5 heteroatoms. The number of rotatable bonds is 2. The highest BCUT2D eigenvalue weighted by Crippen LogP contribution is 2.39. The summed E-state index contributed by atoms with van der Waals surface area (Å²) in [6, 6.07) is 3.70. The molecule has 0 aliphatic carbocycles. The van der Waals surface area contributed by atoms with Gasteiger partial charge >= 0.3 is 0 Å². The zero-order valence-electron chi connectivity index (χ0n) is 10.6. The fourth-order valence-corrected chi connectivity index (χ4v) is 2.95. The summed E-state index contributed by atoms with van der Waals surface area (Å²) < 4.78 is 0. The van der Waals surface area contributed by atoms with Crippen molar-refractivity contribution in [2.24, 2.45) is 0 Å². The van der Waals surface area contributed by atoms with Crippen molar-refractivity contribution in [1.29, 1.82) is 0 Å². The van der Waals surface area contributed by atoms with Crippen LogP contribution in [0.25, 0.3) is 0 Å². The molecule has 0 radical (unpaired) electrons. The molecule has 0 spiro atoms. The normalized spacial score (nSPS) is 19.9. The summed E-state index contributed by atoms with van der Waals surface area (Å²) in [7, 11) is 0. The van der Waals surface area contributed by atoms with Gasteiger partial charge in [0.15, 0.2) is 0 Å². The molecule has 4 nitrogen and oxygen atoms in total. The smallest absolute Gasteiger partial charge is 0.294 e. The molecule has 0 aromatic heterocycles. The molecule has 0 bridgehead atoms. The van der Waals surface area contributed by atoms with E-state index >= 15 is 0 Å². The van der Waals surface area contributed by atoms with Gasteiger partial charge in [-0.25, -0.2) is 0 Å². The fraction of sp³-hybridized carbons (Fsp3) is 0.538. The van der Waals surface area contributed by atoms with Gasteiger partial charge in [0.25, 0.3) is 5.69 Å². The van der Waals surface area contributed by atoms with Crippen LogP contribution >= 0.6 is 11.6 Å². The molecule has 18 heavy (non-hydrogen) atoms. The third-order valence-electron chi connectivity index (χ3n) is 3.47. The van der Waals surface area contributed by atoms with E-state index in [1.54, 1.807) is 12.1 Å². The van der Waals surface area contributed by atoms with Crippen molar-refractivity contribution in [3.8, 4) is 0 Å². The van der Waals surface area contributed by atoms with Crippen molar-refractivity contribution in [2.45, 2.75) is 39.2 Å². The van der Waals surface area contributed by atoms with Gasteiger partial charge in [0.05, 0.1) is 9.95 Å². The van der Waals surface area contributed by atoms with Crippen LogP contribution in [-0.2, 0) is 0 Å². The number of nitro groups is 1. The second kappa shape index (κ2) is 5.14. The molecule has 98 valence electrons. The highest BCUT2D eigenvalue weighted by atomic mass is 35.5. The lowest BCUT2D eigenvalue weighted by atomic mass is 10.0. The minimum atomic E-state index is -0.338. The van der Waals surface area contributed by atoms with Crippen LogP contribution in [0.3, 0.4) is 0 Å². The van der Waals surface area contributed by atoms with Crippen molar-refractivity contribution < 1.29 is 4.92 Å². The number of hydrogen-bond acceptors (Lipinski definition) is 3. The summed E-state index contributed by atoms with van der Waals surface area (Å²) in [5, 5.41) is 11.7. The molecule has 1 fully saturated rings. The molecule has 1 aliphatic heterocycles. The second-order valence-electron chi connectivity index (χ2n) is 4.91. The Hall–Kier alpha value is -1.29. The van der Waals surface area contributed by atoms with Gasteiger partial charge in [0.2, 0.25) is 0 Å². The average Bonchev–Trinajstić information content (AvgIpc) is 2.29. The number of aryl methyl sites for hydroxylation is 1. The van der Waals surface area contributed by atoms with Gasteiger partial charge in [0.1, 0.15) is 5.69 Å². The van der Waals surface area contributed by atoms with Crippen LogP contribution in [0, 0.1) is 17.0 Å². The number of nitro benzene ring substituents is 1. The monoisotopic (exact) mass is 268 g/mol. The molecule has 2 rings (SSSR count). The third-order valence-corrected chi connectivity index (χ3v) is 3.76. The molecule has 1 aromatic rings. The number of halogens is 1. The van der Waals surface area contributed by atoms with Crippen molar-refractivity contribution in [3.05, 3.63) is 32.8 Å². The summed E-state index contributed by atoms with van der Waals surface area (Å²) >= 11 is 6.23. The molecule has 1 heterocycles. The van der Waals surface area contributed by atoms with Gasteiger partial charge in [0, 0.05) is 18.7 Å². The van der Waals surface area contributed by atoms with Crippen LogP contribution in [0.1, 0.15) is 31.7 Å².